The number of amides is 1. The predicted molar refractivity (Wildman–Crippen MR) is 118 cm³/mol. The Morgan fingerprint density at radius 3 is 2.30 bits per heavy atom. The van der Waals surface area contributed by atoms with Crippen molar-refractivity contribution < 1.29 is 14.6 Å². The van der Waals surface area contributed by atoms with E-state index in [2.05, 4.69) is 30.7 Å². The molecule has 3 rings (SSSR count). The second-order valence-corrected chi connectivity index (χ2v) is 9.68. The Labute approximate surface area is 178 Å². The third-order valence-electron chi connectivity index (χ3n) is 4.96. The summed E-state index contributed by atoms with van der Waals surface area (Å²) >= 11 is 0. The summed E-state index contributed by atoms with van der Waals surface area (Å²) in [7, 11) is 0. The molecule has 30 heavy (non-hydrogen) atoms. The van der Waals surface area contributed by atoms with Gasteiger partial charge in [0.15, 0.2) is 0 Å². The number of carbonyl (C=O) groups excluding carboxylic acids is 1. The number of phenols is 1. The zero-order valence-corrected chi connectivity index (χ0v) is 18.8. The summed E-state index contributed by atoms with van der Waals surface area (Å²) in [6.45, 7) is 14.2. The van der Waals surface area contributed by atoms with Gasteiger partial charge >= 0.3 is 6.09 Å². The molecule has 0 saturated carbocycles. The largest absolute Gasteiger partial charge is 0.508 e. The van der Waals surface area contributed by atoms with E-state index >= 15 is 0 Å². The topological polar surface area (TPSA) is 78.8 Å². The lowest BCUT2D eigenvalue weighted by Crippen LogP contribution is -2.50. The molecule has 1 aromatic heterocycles. The lowest BCUT2D eigenvalue weighted by atomic mass is 9.85. The number of benzene rings is 1. The van der Waals surface area contributed by atoms with E-state index in [1.807, 2.05) is 39.0 Å². The lowest BCUT2D eigenvalue weighted by molar-refractivity contribution is 0.0240. The molecule has 1 aliphatic rings. The monoisotopic (exact) mass is 412 g/mol. The first-order valence-corrected chi connectivity index (χ1v) is 10.3. The summed E-state index contributed by atoms with van der Waals surface area (Å²) in [4.78, 5) is 25.3. The normalized spacial score (nSPS) is 15.3. The average Bonchev–Trinajstić information content (AvgIpc) is 2.66. The van der Waals surface area contributed by atoms with E-state index < -0.39 is 5.60 Å². The number of aromatic hydroxyl groups is 1. The number of phenolic OH excluding ortho intramolecular Hbond substituents is 1. The molecular weight excluding hydrogens is 380 g/mol. The van der Waals surface area contributed by atoms with Crippen LogP contribution in [0.5, 0.6) is 5.75 Å². The van der Waals surface area contributed by atoms with Crippen LogP contribution in [0.4, 0.5) is 10.7 Å². The highest BCUT2D eigenvalue weighted by Gasteiger charge is 2.27. The maximum atomic E-state index is 12.3. The van der Waals surface area contributed by atoms with E-state index in [0.29, 0.717) is 37.9 Å². The predicted octanol–water partition coefficient (Wildman–Crippen LogP) is 4.20. The van der Waals surface area contributed by atoms with E-state index in [0.717, 1.165) is 16.8 Å². The van der Waals surface area contributed by atoms with Crippen molar-refractivity contribution in [3.8, 4) is 17.0 Å². The molecule has 0 unspecified atom stereocenters. The molecule has 0 radical (unpaired) electrons. The van der Waals surface area contributed by atoms with Gasteiger partial charge in [-0.05, 0) is 56.0 Å². The number of piperazine rings is 1. The van der Waals surface area contributed by atoms with Gasteiger partial charge in [0.25, 0.3) is 0 Å². The van der Waals surface area contributed by atoms with Gasteiger partial charge in [-0.25, -0.2) is 14.8 Å². The van der Waals surface area contributed by atoms with Gasteiger partial charge in [-0.15, -0.1) is 0 Å². The van der Waals surface area contributed by atoms with Gasteiger partial charge in [0.05, 0.1) is 5.69 Å². The van der Waals surface area contributed by atoms with Gasteiger partial charge in [0.1, 0.15) is 11.4 Å². The molecule has 0 bridgehead atoms. The zero-order valence-electron chi connectivity index (χ0n) is 18.8. The molecule has 1 aromatic carbocycles. The van der Waals surface area contributed by atoms with E-state index in [1.54, 1.807) is 17.2 Å². The fourth-order valence-electron chi connectivity index (χ4n) is 3.37. The molecule has 162 valence electrons. The zero-order chi connectivity index (χ0) is 22.1. The molecule has 0 spiro atoms. The van der Waals surface area contributed by atoms with Crippen LogP contribution < -0.4 is 4.90 Å². The number of nitrogens with zero attached hydrogens (tertiary/aromatic N) is 4. The number of hydrogen-bond acceptors (Lipinski definition) is 6. The average molecular weight is 413 g/mol. The van der Waals surface area contributed by atoms with Gasteiger partial charge in [-0.2, -0.15) is 0 Å². The quantitative estimate of drug-likeness (QED) is 0.796. The third kappa shape index (κ3) is 5.20. The van der Waals surface area contributed by atoms with Crippen LogP contribution >= 0.6 is 0 Å². The van der Waals surface area contributed by atoms with Crippen molar-refractivity contribution in [3.05, 3.63) is 36.0 Å². The molecule has 1 aliphatic heterocycles. The third-order valence-corrected chi connectivity index (χ3v) is 4.96. The van der Waals surface area contributed by atoms with Crippen molar-refractivity contribution >= 4 is 12.0 Å². The Bertz CT molecular complexity index is 907. The highest BCUT2D eigenvalue weighted by Crippen LogP contribution is 2.34. The molecule has 1 fully saturated rings. The molecule has 2 aromatic rings. The lowest BCUT2D eigenvalue weighted by Gasteiger charge is -2.35. The van der Waals surface area contributed by atoms with E-state index in [4.69, 9.17) is 9.72 Å². The fraction of sp³-hybridized carbons (Fsp3) is 0.522. The number of carbonyl (C=O) groups is 1. The van der Waals surface area contributed by atoms with Gasteiger partial charge in [0, 0.05) is 37.9 Å². The highest BCUT2D eigenvalue weighted by atomic mass is 16.6. The van der Waals surface area contributed by atoms with Crippen LogP contribution in [0.1, 0.15) is 47.1 Å². The summed E-state index contributed by atoms with van der Waals surface area (Å²) in [5.74, 6) is 0.931. The van der Waals surface area contributed by atoms with Crippen molar-refractivity contribution in [1.29, 1.82) is 0 Å². The molecular formula is C23H32N4O3. The number of hydrogen-bond donors (Lipinski definition) is 1. The summed E-state index contributed by atoms with van der Waals surface area (Å²) in [5.41, 5.74) is 1.95. The van der Waals surface area contributed by atoms with Gasteiger partial charge in [0.2, 0.25) is 5.95 Å². The second-order valence-electron chi connectivity index (χ2n) is 9.68. The minimum atomic E-state index is -0.498. The molecule has 1 amide bonds. The summed E-state index contributed by atoms with van der Waals surface area (Å²) in [6, 6.07) is 7.45. The first-order valence-electron chi connectivity index (χ1n) is 10.3. The van der Waals surface area contributed by atoms with Crippen molar-refractivity contribution in [1.82, 2.24) is 14.9 Å². The first kappa shape index (κ1) is 21.9. The standard InChI is InChI=1S/C23H32N4O3/c1-22(2,3)17-15-16(7-8-19(17)28)18-9-10-24-20(25-18)26-11-13-27(14-12-26)21(29)30-23(4,5)6/h7-10,15,28H,11-14H2,1-6H3. The maximum absolute atomic E-state index is 12.3. The van der Waals surface area contributed by atoms with E-state index in [9.17, 15) is 9.90 Å². The molecule has 7 heteroatoms. The van der Waals surface area contributed by atoms with Crippen LogP contribution in [0.25, 0.3) is 11.3 Å². The van der Waals surface area contributed by atoms with E-state index in [-0.39, 0.29) is 11.5 Å². The van der Waals surface area contributed by atoms with Crippen molar-refractivity contribution in [2.45, 2.75) is 52.6 Å². The maximum Gasteiger partial charge on any atom is 0.410 e. The van der Waals surface area contributed by atoms with Crippen molar-refractivity contribution in [2.24, 2.45) is 0 Å². The molecule has 1 N–H and O–H groups in total. The highest BCUT2D eigenvalue weighted by molar-refractivity contribution is 5.68. The smallest absolute Gasteiger partial charge is 0.410 e. The van der Waals surface area contributed by atoms with E-state index in [1.165, 1.54) is 0 Å². The van der Waals surface area contributed by atoms with Gasteiger partial charge in [-0.3, -0.25) is 0 Å². The minimum absolute atomic E-state index is 0.173. The van der Waals surface area contributed by atoms with Crippen LogP contribution in [-0.2, 0) is 10.2 Å². The molecule has 0 aliphatic carbocycles. The van der Waals surface area contributed by atoms with Crippen molar-refractivity contribution in [3.63, 3.8) is 0 Å². The molecule has 0 atom stereocenters. The van der Waals surface area contributed by atoms with Crippen molar-refractivity contribution in [2.75, 3.05) is 31.1 Å². The number of ether oxygens (including phenoxy) is 1. The Hall–Kier alpha value is -2.83. The second kappa shape index (κ2) is 8.13. The van der Waals surface area contributed by atoms with Gasteiger partial charge in [-0.1, -0.05) is 20.8 Å². The van der Waals surface area contributed by atoms with Crippen LogP contribution in [0.2, 0.25) is 0 Å². The Morgan fingerprint density at radius 1 is 1.03 bits per heavy atom. The van der Waals surface area contributed by atoms with Crippen LogP contribution in [0.15, 0.2) is 30.5 Å². The van der Waals surface area contributed by atoms with Crippen LogP contribution in [0.3, 0.4) is 0 Å². The van der Waals surface area contributed by atoms with Gasteiger partial charge < -0.3 is 19.6 Å². The van der Waals surface area contributed by atoms with Crippen LogP contribution in [0, 0.1) is 0 Å². The Balaban J connectivity index is 1.74. The Kier molecular flexibility index (Phi) is 5.92. The molecule has 2 heterocycles. The summed E-state index contributed by atoms with van der Waals surface area (Å²) in [5, 5.41) is 10.2. The molecule has 1 saturated heterocycles. The summed E-state index contributed by atoms with van der Waals surface area (Å²) < 4.78 is 5.46. The number of rotatable bonds is 2. The SMILES string of the molecule is CC(C)(C)OC(=O)N1CCN(c2nccc(-c3ccc(O)c(C(C)(C)C)c3)n2)CC1. The minimum Gasteiger partial charge on any atom is -0.508 e. The number of anilines is 1. The van der Waals surface area contributed by atoms with Crippen LogP contribution in [-0.4, -0.2) is 57.8 Å². The Morgan fingerprint density at radius 2 is 1.70 bits per heavy atom. The number of aromatic nitrogens is 2. The molecule has 7 nitrogen and oxygen atoms in total. The summed E-state index contributed by atoms with van der Waals surface area (Å²) in [6.07, 6.45) is 1.47. The first-order chi connectivity index (χ1) is 13.9. The fourth-order valence-corrected chi connectivity index (χ4v) is 3.37.